The van der Waals surface area contributed by atoms with Crippen molar-refractivity contribution in [1.29, 1.82) is 0 Å². The average Bonchev–Trinajstić information content (AvgIpc) is 2.78. The number of benzene rings is 1. The van der Waals surface area contributed by atoms with E-state index in [4.69, 9.17) is 4.74 Å². The zero-order valence-electron chi connectivity index (χ0n) is 19.1. The lowest BCUT2D eigenvalue weighted by Gasteiger charge is -2.42. The zero-order valence-corrected chi connectivity index (χ0v) is 19.1. The number of hydrogen-bond acceptors (Lipinski definition) is 5. The Balaban J connectivity index is 1.32. The Morgan fingerprint density at radius 1 is 1.07 bits per heavy atom. The fourth-order valence-corrected chi connectivity index (χ4v) is 4.73. The van der Waals surface area contributed by atoms with Crippen molar-refractivity contribution in [1.82, 2.24) is 15.1 Å². The number of piperidine rings is 2. The molecular formula is C24H40N4O2. The summed E-state index contributed by atoms with van der Waals surface area (Å²) in [6, 6.07) is 9.15. The number of anilines is 1. The minimum Gasteiger partial charge on any atom is -0.497 e. The van der Waals surface area contributed by atoms with Crippen molar-refractivity contribution in [3.05, 3.63) is 24.3 Å². The van der Waals surface area contributed by atoms with Gasteiger partial charge in [0.1, 0.15) is 5.75 Å². The summed E-state index contributed by atoms with van der Waals surface area (Å²) >= 11 is 0. The lowest BCUT2D eigenvalue weighted by Crippen LogP contribution is -2.47. The van der Waals surface area contributed by atoms with Gasteiger partial charge in [0, 0.05) is 44.3 Å². The van der Waals surface area contributed by atoms with Crippen molar-refractivity contribution < 1.29 is 9.53 Å². The van der Waals surface area contributed by atoms with Crippen LogP contribution < -0.4 is 15.0 Å². The summed E-state index contributed by atoms with van der Waals surface area (Å²) in [6.07, 6.45) is 6.68. The summed E-state index contributed by atoms with van der Waals surface area (Å²) in [4.78, 5) is 19.3. The molecule has 6 heteroatoms. The highest BCUT2D eigenvalue weighted by molar-refractivity contribution is 5.75. The molecule has 30 heavy (non-hydrogen) atoms. The number of carbonyl (C=O) groups excluding carboxylic acids is 1. The fraction of sp³-hybridized carbons (Fsp3) is 0.708. The maximum absolute atomic E-state index is 12.0. The molecule has 0 radical (unpaired) electrons. The van der Waals surface area contributed by atoms with Crippen LogP contribution in [0.15, 0.2) is 24.3 Å². The topological polar surface area (TPSA) is 48.1 Å². The Labute approximate surface area is 182 Å². The monoisotopic (exact) mass is 416 g/mol. The molecule has 0 unspecified atom stereocenters. The maximum Gasteiger partial charge on any atom is 0.220 e. The number of hydrogen-bond donors (Lipinski definition) is 1. The summed E-state index contributed by atoms with van der Waals surface area (Å²) in [5, 5.41) is 3.04. The predicted octanol–water partition coefficient (Wildman–Crippen LogP) is 2.83. The molecule has 2 heterocycles. The van der Waals surface area contributed by atoms with Crippen LogP contribution in [0.1, 0.15) is 38.5 Å². The summed E-state index contributed by atoms with van der Waals surface area (Å²) in [6.45, 7) is 6.30. The molecule has 2 saturated heterocycles. The number of ether oxygens (including phenoxy) is 1. The van der Waals surface area contributed by atoms with Gasteiger partial charge in [-0.05, 0) is 89.5 Å². The van der Waals surface area contributed by atoms with Gasteiger partial charge in [-0.25, -0.2) is 0 Å². The number of likely N-dealkylation sites (N-methyl/N-ethyl adjacent to an activating group) is 1. The number of likely N-dealkylation sites (tertiary alicyclic amines) is 1. The Bertz CT molecular complexity index is 633. The minimum absolute atomic E-state index is 0.213. The average molecular weight is 417 g/mol. The third-order valence-electron chi connectivity index (χ3n) is 6.73. The molecule has 6 nitrogen and oxygen atoms in total. The molecule has 0 spiro atoms. The van der Waals surface area contributed by atoms with Crippen molar-refractivity contribution in [2.45, 2.75) is 44.6 Å². The van der Waals surface area contributed by atoms with Gasteiger partial charge in [-0.15, -0.1) is 0 Å². The fourth-order valence-electron chi connectivity index (χ4n) is 4.73. The zero-order chi connectivity index (χ0) is 21.3. The van der Waals surface area contributed by atoms with Gasteiger partial charge in [0.15, 0.2) is 0 Å². The molecule has 1 aromatic carbocycles. The van der Waals surface area contributed by atoms with Gasteiger partial charge in [-0.3, -0.25) is 4.79 Å². The van der Waals surface area contributed by atoms with E-state index in [1.807, 2.05) is 14.1 Å². The van der Waals surface area contributed by atoms with Crippen LogP contribution in [0.3, 0.4) is 0 Å². The normalized spacial score (nSPS) is 19.3. The molecule has 2 fully saturated rings. The van der Waals surface area contributed by atoms with Crippen molar-refractivity contribution in [3.63, 3.8) is 0 Å². The number of carbonyl (C=O) groups is 1. The lowest BCUT2D eigenvalue weighted by atomic mass is 9.90. The molecule has 1 amide bonds. The van der Waals surface area contributed by atoms with Crippen LogP contribution in [-0.4, -0.2) is 82.2 Å². The van der Waals surface area contributed by atoms with E-state index < -0.39 is 0 Å². The van der Waals surface area contributed by atoms with Gasteiger partial charge < -0.3 is 24.8 Å². The molecule has 0 aliphatic carbocycles. The highest BCUT2D eigenvalue weighted by Crippen LogP contribution is 2.28. The smallest absolute Gasteiger partial charge is 0.220 e. The van der Waals surface area contributed by atoms with E-state index in [-0.39, 0.29) is 5.91 Å². The van der Waals surface area contributed by atoms with Gasteiger partial charge in [0.25, 0.3) is 0 Å². The van der Waals surface area contributed by atoms with E-state index >= 15 is 0 Å². The molecular weight excluding hydrogens is 376 g/mol. The van der Waals surface area contributed by atoms with Crippen LogP contribution in [0.25, 0.3) is 0 Å². The van der Waals surface area contributed by atoms with Gasteiger partial charge in [0.2, 0.25) is 5.91 Å². The first-order valence-electron chi connectivity index (χ1n) is 11.6. The molecule has 2 aliphatic heterocycles. The molecule has 0 saturated carbocycles. The van der Waals surface area contributed by atoms with E-state index in [9.17, 15) is 4.79 Å². The molecule has 1 N–H and O–H groups in total. The first-order valence-corrected chi connectivity index (χ1v) is 11.6. The van der Waals surface area contributed by atoms with Gasteiger partial charge in [-0.2, -0.15) is 0 Å². The van der Waals surface area contributed by atoms with Gasteiger partial charge in [-0.1, -0.05) is 0 Å². The lowest BCUT2D eigenvalue weighted by molar-refractivity contribution is -0.121. The Morgan fingerprint density at radius 3 is 2.33 bits per heavy atom. The second-order valence-corrected chi connectivity index (χ2v) is 9.09. The van der Waals surface area contributed by atoms with E-state index in [0.717, 1.165) is 44.4 Å². The van der Waals surface area contributed by atoms with Crippen LogP contribution in [0.2, 0.25) is 0 Å². The van der Waals surface area contributed by atoms with Crippen LogP contribution in [-0.2, 0) is 4.79 Å². The Morgan fingerprint density at radius 2 is 1.73 bits per heavy atom. The first kappa shape index (κ1) is 22.9. The standard InChI is InChI=1S/C24H40N4O2/c1-26(2)19-14-25-24(29)9-4-20-10-15-27(16-11-20)22-12-17-28(18-13-22)21-5-7-23(30-3)8-6-21/h5-8,20,22H,4,9-19H2,1-3H3,(H,25,29). The van der Waals surface area contributed by atoms with E-state index in [1.54, 1.807) is 7.11 Å². The summed E-state index contributed by atoms with van der Waals surface area (Å²) in [5.41, 5.74) is 1.30. The van der Waals surface area contributed by atoms with Gasteiger partial charge >= 0.3 is 0 Å². The van der Waals surface area contributed by atoms with Gasteiger partial charge in [0.05, 0.1) is 7.11 Å². The number of amides is 1. The highest BCUT2D eigenvalue weighted by atomic mass is 16.5. The Hall–Kier alpha value is -1.79. The predicted molar refractivity (Wildman–Crippen MR) is 123 cm³/mol. The molecule has 2 aliphatic rings. The number of nitrogens with zero attached hydrogens (tertiary/aromatic N) is 3. The van der Waals surface area contributed by atoms with Crippen LogP contribution in [0, 0.1) is 5.92 Å². The van der Waals surface area contributed by atoms with Crippen LogP contribution in [0.5, 0.6) is 5.75 Å². The van der Waals surface area contributed by atoms with Crippen molar-refractivity contribution in [3.8, 4) is 5.75 Å². The Kier molecular flexibility index (Phi) is 8.82. The summed E-state index contributed by atoms with van der Waals surface area (Å²) in [5.74, 6) is 1.84. The summed E-state index contributed by atoms with van der Waals surface area (Å²) in [7, 11) is 5.77. The molecule has 0 aromatic heterocycles. The van der Waals surface area contributed by atoms with Crippen molar-refractivity contribution in [2.75, 3.05) is 65.4 Å². The third kappa shape index (κ3) is 6.88. The van der Waals surface area contributed by atoms with Crippen LogP contribution >= 0.6 is 0 Å². The van der Waals surface area contributed by atoms with Crippen molar-refractivity contribution >= 4 is 11.6 Å². The molecule has 0 bridgehead atoms. The molecule has 3 rings (SSSR count). The number of methoxy groups -OCH3 is 1. The summed E-state index contributed by atoms with van der Waals surface area (Å²) < 4.78 is 5.27. The third-order valence-corrected chi connectivity index (χ3v) is 6.73. The molecule has 1 aromatic rings. The largest absolute Gasteiger partial charge is 0.497 e. The van der Waals surface area contributed by atoms with E-state index in [0.29, 0.717) is 12.3 Å². The van der Waals surface area contributed by atoms with Crippen molar-refractivity contribution in [2.24, 2.45) is 5.92 Å². The maximum atomic E-state index is 12.0. The second-order valence-electron chi connectivity index (χ2n) is 9.09. The SMILES string of the molecule is COc1ccc(N2CCC(N3CCC(CCC(=O)NCCN(C)C)CC3)CC2)cc1. The van der Waals surface area contributed by atoms with E-state index in [1.165, 1.54) is 44.5 Å². The molecule has 0 atom stereocenters. The number of rotatable bonds is 9. The quantitative estimate of drug-likeness (QED) is 0.671. The minimum atomic E-state index is 0.213. The van der Waals surface area contributed by atoms with E-state index in [2.05, 4.69) is 44.3 Å². The highest BCUT2D eigenvalue weighted by Gasteiger charge is 2.28. The van der Waals surface area contributed by atoms with Crippen LogP contribution in [0.4, 0.5) is 5.69 Å². The second kappa shape index (κ2) is 11.6. The first-order chi connectivity index (χ1) is 14.5. The molecule has 168 valence electrons. The number of nitrogens with one attached hydrogen (secondary N) is 1.